The molecule has 1 fully saturated rings. The van der Waals surface area contributed by atoms with Gasteiger partial charge >= 0.3 is 0 Å². The maximum atomic E-state index is 12.4. The molecule has 0 N–H and O–H groups in total. The van der Waals surface area contributed by atoms with E-state index in [0.29, 0.717) is 25.8 Å². The molecule has 1 aliphatic rings. The van der Waals surface area contributed by atoms with Crippen molar-refractivity contribution in [1.29, 1.82) is 10.5 Å². The molecule has 0 aromatic heterocycles. The van der Waals surface area contributed by atoms with Gasteiger partial charge in [0, 0.05) is 12.6 Å². The van der Waals surface area contributed by atoms with Crippen LogP contribution >= 0.6 is 0 Å². The number of carbonyl (C=O) groups is 1. The van der Waals surface area contributed by atoms with E-state index in [0.717, 1.165) is 12.8 Å². The Morgan fingerprint density at radius 1 is 1.35 bits per heavy atom. The Bertz CT molecular complexity index is 356. The fourth-order valence-corrected chi connectivity index (χ4v) is 2.39. The van der Waals surface area contributed by atoms with Crippen molar-refractivity contribution in [2.45, 2.75) is 52.0 Å². The Morgan fingerprint density at radius 2 is 1.94 bits per heavy atom. The van der Waals surface area contributed by atoms with E-state index in [2.05, 4.69) is 12.1 Å². The highest BCUT2D eigenvalue weighted by Crippen LogP contribution is 2.39. The molecule has 0 aromatic rings. The van der Waals surface area contributed by atoms with Gasteiger partial charge in [-0.05, 0) is 26.7 Å². The largest absolute Gasteiger partial charge is 0.338 e. The first-order valence-electron chi connectivity index (χ1n) is 6.16. The smallest absolute Gasteiger partial charge is 0.243 e. The predicted molar refractivity (Wildman–Crippen MR) is 63.6 cm³/mol. The van der Waals surface area contributed by atoms with Crippen LogP contribution in [-0.2, 0) is 4.79 Å². The van der Waals surface area contributed by atoms with Crippen LogP contribution in [0.4, 0.5) is 0 Å². The first kappa shape index (κ1) is 13.5. The van der Waals surface area contributed by atoms with E-state index in [1.54, 1.807) is 4.90 Å². The third-order valence-electron chi connectivity index (χ3n) is 3.43. The lowest BCUT2D eigenvalue weighted by Crippen LogP contribution is -2.46. The molecular formula is C13H19N3O. The molecule has 4 heteroatoms. The molecule has 17 heavy (non-hydrogen) atoms. The fraction of sp³-hybridized carbons (Fsp3) is 0.769. The summed E-state index contributed by atoms with van der Waals surface area (Å²) in [6, 6.07) is 4.31. The first-order valence-corrected chi connectivity index (χ1v) is 6.16. The molecule has 0 aromatic carbocycles. The Kier molecular flexibility index (Phi) is 4.52. The van der Waals surface area contributed by atoms with Crippen LogP contribution < -0.4 is 0 Å². The van der Waals surface area contributed by atoms with Gasteiger partial charge in [0.25, 0.3) is 0 Å². The molecule has 0 heterocycles. The van der Waals surface area contributed by atoms with Crippen molar-refractivity contribution in [2.24, 2.45) is 5.41 Å². The minimum Gasteiger partial charge on any atom is -0.338 e. The van der Waals surface area contributed by atoms with Crippen molar-refractivity contribution in [2.75, 3.05) is 6.54 Å². The van der Waals surface area contributed by atoms with Gasteiger partial charge in [0.05, 0.1) is 18.6 Å². The minimum atomic E-state index is -0.820. The van der Waals surface area contributed by atoms with Crippen LogP contribution in [0, 0.1) is 28.1 Å². The van der Waals surface area contributed by atoms with Crippen molar-refractivity contribution >= 4 is 5.91 Å². The van der Waals surface area contributed by atoms with Gasteiger partial charge in [0.15, 0.2) is 0 Å². The zero-order valence-corrected chi connectivity index (χ0v) is 10.6. The number of nitrogens with zero attached hydrogens (tertiary/aromatic N) is 3. The van der Waals surface area contributed by atoms with Gasteiger partial charge in [-0.3, -0.25) is 4.79 Å². The quantitative estimate of drug-likeness (QED) is 0.747. The number of rotatable bonds is 4. The van der Waals surface area contributed by atoms with Gasteiger partial charge in [-0.25, -0.2) is 0 Å². The molecule has 1 amide bonds. The van der Waals surface area contributed by atoms with Crippen LogP contribution in [0.5, 0.6) is 0 Å². The van der Waals surface area contributed by atoms with Crippen LogP contribution in [0.1, 0.15) is 46.0 Å². The second kappa shape index (κ2) is 5.68. The highest BCUT2D eigenvalue weighted by molar-refractivity contribution is 5.86. The van der Waals surface area contributed by atoms with Gasteiger partial charge in [0.2, 0.25) is 5.91 Å². The van der Waals surface area contributed by atoms with Gasteiger partial charge < -0.3 is 4.90 Å². The molecule has 0 atom stereocenters. The van der Waals surface area contributed by atoms with Crippen molar-refractivity contribution in [3.63, 3.8) is 0 Å². The number of hydrogen-bond acceptors (Lipinski definition) is 3. The number of amides is 1. The van der Waals surface area contributed by atoms with Gasteiger partial charge in [-0.2, -0.15) is 10.5 Å². The summed E-state index contributed by atoms with van der Waals surface area (Å²) in [4.78, 5) is 14.1. The summed E-state index contributed by atoms with van der Waals surface area (Å²) in [5.41, 5.74) is -0.820. The first-order chi connectivity index (χ1) is 8.07. The van der Waals surface area contributed by atoms with E-state index in [9.17, 15) is 10.1 Å². The van der Waals surface area contributed by atoms with Crippen LogP contribution in [0.2, 0.25) is 0 Å². The van der Waals surface area contributed by atoms with Crippen molar-refractivity contribution in [3.05, 3.63) is 0 Å². The van der Waals surface area contributed by atoms with E-state index in [1.807, 2.05) is 13.8 Å². The molecule has 1 rings (SSSR count). The summed E-state index contributed by atoms with van der Waals surface area (Å²) in [7, 11) is 0. The van der Waals surface area contributed by atoms with E-state index in [4.69, 9.17) is 5.26 Å². The summed E-state index contributed by atoms with van der Waals surface area (Å²) >= 11 is 0. The van der Waals surface area contributed by atoms with E-state index in [-0.39, 0.29) is 11.9 Å². The average molecular weight is 233 g/mol. The normalized spacial score (nSPS) is 17.5. The summed E-state index contributed by atoms with van der Waals surface area (Å²) in [5, 5.41) is 17.9. The van der Waals surface area contributed by atoms with E-state index < -0.39 is 5.41 Å². The van der Waals surface area contributed by atoms with Crippen molar-refractivity contribution in [3.8, 4) is 12.1 Å². The van der Waals surface area contributed by atoms with Crippen LogP contribution in [0.15, 0.2) is 0 Å². The minimum absolute atomic E-state index is 0.0432. The SMILES string of the molecule is CC(C)N(CCC#N)C(=O)C1(C#N)CCCC1. The van der Waals surface area contributed by atoms with Crippen LogP contribution in [0.25, 0.3) is 0 Å². The molecule has 0 radical (unpaired) electrons. The molecule has 0 spiro atoms. The number of hydrogen-bond donors (Lipinski definition) is 0. The van der Waals surface area contributed by atoms with E-state index >= 15 is 0 Å². The molecule has 0 saturated heterocycles. The molecule has 0 bridgehead atoms. The predicted octanol–water partition coefficient (Wildman–Crippen LogP) is 2.22. The van der Waals surface area contributed by atoms with Gasteiger partial charge in [0.1, 0.15) is 5.41 Å². The zero-order valence-electron chi connectivity index (χ0n) is 10.6. The zero-order chi connectivity index (χ0) is 12.9. The third-order valence-corrected chi connectivity index (χ3v) is 3.43. The molecule has 1 saturated carbocycles. The Hall–Kier alpha value is -1.55. The molecule has 92 valence electrons. The Labute approximate surface area is 103 Å². The monoisotopic (exact) mass is 233 g/mol. The number of carbonyl (C=O) groups excluding carboxylic acids is 1. The van der Waals surface area contributed by atoms with Crippen molar-refractivity contribution in [1.82, 2.24) is 4.90 Å². The highest BCUT2D eigenvalue weighted by Gasteiger charge is 2.44. The second-order valence-electron chi connectivity index (χ2n) is 4.90. The van der Waals surface area contributed by atoms with Crippen molar-refractivity contribution < 1.29 is 4.79 Å². The van der Waals surface area contributed by atoms with Gasteiger partial charge in [-0.1, -0.05) is 12.8 Å². The summed E-state index contributed by atoms with van der Waals surface area (Å²) in [6.07, 6.45) is 3.55. The molecule has 0 unspecified atom stereocenters. The third kappa shape index (κ3) is 2.77. The summed E-state index contributed by atoms with van der Waals surface area (Å²) in [5.74, 6) is -0.0808. The topological polar surface area (TPSA) is 67.9 Å². The highest BCUT2D eigenvalue weighted by atomic mass is 16.2. The summed E-state index contributed by atoms with van der Waals surface area (Å²) < 4.78 is 0. The fourth-order valence-electron chi connectivity index (χ4n) is 2.39. The maximum Gasteiger partial charge on any atom is 0.243 e. The molecule has 4 nitrogen and oxygen atoms in total. The lowest BCUT2D eigenvalue weighted by Gasteiger charge is -2.32. The Balaban J connectivity index is 2.84. The maximum absolute atomic E-state index is 12.4. The van der Waals surface area contributed by atoms with Crippen LogP contribution in [-0.4, -0.2) is 23.4 Å². The molecular weight excluding hydrogens is 214 g/mol. The Morgan fingerprint density at radius 3 is 2.35 bits per heavy atom. The number of nitriles is 2. The summed E-state index contributed by atoms with van der Waals surface area (Å²) in [6.45, 7) is 4.28. The average Bonchev–Trinajstić information content (AvgIpc) is 2.78. The lowest BCUT2D eigenvalue weighted by atomic mass is 9.86. The second-order valence-corrected chi connectivity index (χ2v) is 4.90. The van der Waals surface area contributed by atoms with Gasteiger partial charge in [-0.15, -0.1) is 0 Å². The lowest BCUT2D eigenvalue weighted by molar-refractivity contribution is -0.140. The molecule has 0 aliphatic heterocycles. The van der Waals surface area contributed by atoms with E-state index in [1.165, 1.54) is 0 Å². The standard InChI is InChI=1S/C13H19N3O/c1-11(2)16(9-5-8-14)12(17)13(10-15)6-3-4-7-13/h11H,3-7,9H2,1-2H3. The van der Waals surface area contributed by atoms with Crippen LogP contribution in [0.3, 0.4) is 0 Å². The molecule has 1 aliphatic carbocycles.